The van der Waals surface area contributed by atoms with Crippen LogP contribution in [0.3, 0.4) is 0 Å². The highest BCUT2D eigenvalue weighted by Crippen LogP contribution is 2.13. The number of nitrogens with one attached hydrogen (secondary N) is 1. The summed E-state index contributed by atoms with van der Waals surface area (Å²) in [5.74, 6) is 0. The quantitative estimate of drug-likeness (QED) is 0.795. The molecule has 1 fully saturated rings. The first-order valence-corrected chi connectivity index (χ1v) is 6.82. The summed E-state index contributed by atoms with van der Waals surface area (Å²) in [4.78, 5) is 2.43. The fourth-order valence-corrected chi connectivity index (χ4v) is 2.71. The third-order valence-corrected chi connectivity index (χ3v) is 3.80. The van der Waals surface area contributed by atoms with Gasteiger partial charge in [0.15, 0.2) is 0 Å². The predicted molar refractivity (Wildman–Crippen MR) is 67.3 cm³/mol. The molecule has 6 nitrogen and oxygen atoms in total. The largest absolute Gasteiger partial charge is 0.374 e. The average Bonchev–Trinajstić information content (AvgIpc) is 2.83. The van der Waals surface area contributed by atoms with E-state index < -0.39 is 0 Å². The molecular weight excluding hydrogens is 230 g/mol. The molecular formula is C12H21N5O. The number of hydrogen-bond acceptors (Lipinski definition) is 5. The molecule has 0 radical (unpaired) electrons. The minimum absolute atomic E-state index is 0.249. The number of morpholine rings is 1. The van der Waals surface area contributed by atoms with Crippen LogP contribution in [0.4, 0.5) is 0 Å². The lowest BCUT2D eigenvalue weighted by molar-refractivity contribution is -0.0363. The van der Waals surface area contributed by atoms with Crippen molar-refractivity contribution in [2.24, 2.45) is 0 Å². The fraction of sp³-hybridized carbons (Fsp3) is 0.833. The van der Waals surface area contributed by atoms with E-state index in [4.69, 9.17) is 4.74 Å². The Balaban J connectivity index is 1.67. The molecule has 1 unspecified atom stereocenters. The summed E-state index contributed by atoms with van der Waals surface area (Å²) in [5, 5.41) is 11.8. The second-order valence-electron chi connectivity index (χ2n) is 4.98. The summed E-state index contributed by atoms with van der Waals surface area (Å²) in [6.07, 6.45) is 1.27. The van der Waals surface area contributed by atoms with Gasteiger partial charge in [-0.1, -0.05) is 12.1 Å². The minimum atomic E-state index is 0.249. The van der Waals surface area contributed by atoms with Crippen LogP contribution in [-0.4, -0.2) is 58.8 Å². The van der Waals surface area contributed by atoms with Crippen LogP contribution in [0.5, 0.6) is 0 Å². The van der Waals surface area contributed by atoms with Crippen molar-refractivity contribution in [1.82, 2.24) is 25.2 Å². The highest BCUT2D eigenvalue weighted by molar-refractivity contribution is 5.13. The molecule has 1 N–H and O–H groups in total. The van der Waals surface area contributed by atoms with E-state index in [9.17, 15) is 0 Å². The van der Waals surface area contributed by atoms with Gasteiger partial charge in [0.1, 0.15) is 0 Å². The summed E-state index contributed by atoms with van der Waals surface area (Å²) in [7, 11) is 0. The number of rotatable bonds is 3. The zero-order valence-electron chi connectivity index (χ0n) is 10.9. The zero-order valence-corrected chi connectivity index (χ0v) is 10.9. The lowest BCUT2D eigenvalue weighted by Crippen LogP contribution is -2.44. The van der Waals surface area contributed by atoms with Crippen LogP contribution in [0, 0.1) is 0 Å². The van der Waals surface area contributed by atoms with E-state index in [1.165, 1.54) is 5.69 Å². The smallest absolute Gasteiger partial charge is 0.0997 e. The topological polar surface area (TPSA) is 55.2 Å². The van der Waals surface area contributed by atoms with Crippen molar-refractivity contribution in [1.29, 1.82) is 0 Å². The molecule has 3 rings (SSSR count). The summed E-state index contributed by atoms with van der Waals surface area (Å²) in [6, 6.07) is 0. The van der Waals surface area contributed by atoms with Crippen LogP contribution in [0.15, 0.2) is 0 Å². The summed E-state index contributed by atoms with van der Waals surface area (Å²) in [6.45, 7) is 8.88. The van der Waals surface area contributed by atoms with Crippen molar-refractivity contribution in [3.63, 3.8) is 0 Å². The monoisotopic (exact) mass is 251 g/mol. The van der Waals surface area contributed by atoms with Crippen molar-refractivity contribution < 1.29 is 4.74 Å². The number of nitrogens with zero attached hydrogens (tertiary/aromatic N) is 4. The average molecular weight is 251 g/mol. The van der Waals surface area contributed by atoms with Crippen molar-refractivity contribution in [2.45, 2.75) is 32.5 Å². The first kappa shape index (κ1) is 12.1. The Morgan fingerprint density at radius 2 is 2.44 bits per heavy atom. The number of ether oxygens (including phenoxy) is 1. The lowest BCUT2D eigenvalue weighted by atomic mass is 10.1. The summed E-state index contributed by atoms with van der Waals surface area (Å²) >= 11 is 0. The van der Waals surface area contributed by atoms with E-state index in [-0.39, 0.29) is 6.10 Å². The van der Waals surface area contributed by atoms with Gasteiger partial charge >= 0.3 is 0 Å². The number of fused-ring (bicyclic) bond motifs is 1. The SMILES string of the molecule is CCN1CCOC(Cn2nnc3c2CCNC3)C1. The standard InChI is InChI=1S/C12H21N5O/c1-2-16-5-6-18-10(8-16)9-17-12-3-4-13-7-11(12)14-15-17/h10,13H,2-9H2,1H3. The van der Waals surface area contributed by atoms with E-state index in [0.717, 1.165) is 58.0 Å². The van der Waals surface area contributed by atoms with Gasteiger partial charge in [-0.05, 0) is 6.54 Å². The van der Waals surface area contributed by atoms with Crippen LogP contribution in [-0.2, 0) is 24.2 Å². The van der Waals surface area contributed by atoms with E-state index >= 15 is 0 Å². The Morgan fingerprint density at radius 3 is 3.33 bits per heavy atom. The molecule has 1 saturated heterocycles. The minimum Gasteiger partial charge on any atom is -0.374 e. The Kier molecular flexibility index (Phi) is 3.58. The number of likely N-dealkylation sites (N-methyl/N-ethyl adjacent to an activating group) is 1. The number of aromatic nitrogens is 3. The molecule has 0 aromatic carbocycles. The highest BCUT2D eigenvalue weighted by Gasteiger charge is 2.23. The normalized spacial score (nSPS) is 25.1. The molecule has 0 amide bonds. The van der Waals surface area contributed by atoms with Crippen molar-refractivity contribution in [3.8, 4) is 0 Å². The molecule has 0 bridgehead atoms. The van der Waals surface area contributed by atoms with Gasteiger partial charge in [0.2, 0.25) is 0 Å². The van der Waals surface area contributed by atoms with Crippen LogP contribution in [0.2, 0.25) is 0 Å². The molecule has 0 saturated carbocycles. The Bertz CT molecular complexity index is 405. The molecule has 6 heteroatoms. The van der Waals surface area contributed by atoms with Gasteiger partial charge in [0.05, 0.1) is 30.6 Å². The van der Waals surface area contributed by atoms with Gasteiger partial charge in [-0.25, -0.2) is 4.68 Å². The van der Waals surface area contributed by atoms with E-state index in [1.54, 1.807) is 0 Å². The summed E-state index contributed by atoms with van der Waals surface area (Å²) < 4.78 is 7.87. The molecule has 1 atom stereocenters. The molecule has 2 aliphatic heterocycles. The molecule has 1 aromatic heterocycles. The van der Waals surface area contributed by atoms with Crippen molar-refractivity contribution >= 4 is 0 Å². The lowest BCUT2D eigenvalue weighted by Gasteiger charge is -2.32. The van der Waals surface area contributed by atoms with E-state index in [0.29, 0.717) is 0 Å². The van der Waals surface area contributed by atoms with Gasteiger partial charge < -0.3 is 10.1 Å². The molecule has 0 spiro atoms. The van der Waals surface area contributed by atoms with Gasteiger partial charge in [-0.2, -0.15) is 0 Å². The Hall–Kier alpha value is -0.980. The zero-order chi connectivity index (χ0) is 12.4. The van der Waals surface area contributed by atoms with Crippen molar-refractivity contribution in [3.05, 3.63) is 11.4 Å². The van der Waals surface area contributed by atoms with E-state index in [2.05, 4.69) is 27.5 Å². The number of hydrogen-bond donors (Lipinski definition) is 1. The molecule has 18 heavy (non-hydrogen) atoms. The van der Waals surface area contributed by atoms with Gasteiger partial charge in [-0.3, -0.25) is 4.90 Å². The first-order chi connectivity index (χ1) is 8.86. The first-order valence-electron chi connectivity index (χ1n) is 6.82. The predicted octanol–water partition coefficient (Wildman–Crippen LogP) is -0.355. The molecule has 3 heterocycles. The van der Waals surface area contributed by atoms with Crippen molar-refractivity contribution in [2.75, 3.05) is 32.8 Å². The van der Waals surface area contributed by atoms with Crippen LogP contribution < -0.4 is 5.32 Å². The fourth-order valence-electron chi connectivity index (χ4n) is 2.71. The van der Waals surface area contributed by atoms with Crippen LogP contribution in [0.25, 0.3) is 0 Å². The molecule has 0 aliphatic carbocycles. The highest BCUT2D eigenvalue weighted by atomic mass is 16.5. The van der Waals surface area contributed by atoms with Gasteiger partial charge in [-0.15, -0.1) is 5.10 Å². The third-order valence-electron chi connectivity index (χ3n) is 3.80. The molecule has 2 aliphatic rings. The molecule has 100 valence electrons. The Morgan fingerprint density at radius 1 is 1.50 bits per heavy atom. The third kappa shape index (κ3) is 2.41. The van der Waals surface area contributed by atoms with Gasteiger partial charge in [0.25, 0.3) is 0 Å². The maximum atomic E-state index is 5.83. The Labute approximate surface area is 107 Å². The second-order valence-corrected chi connectivity index (χ2v) is 4.98. The van der Waals surface area contributed by atoms with Crippen LogP contribution >= 0.6 is 0 Å². The van der Waals surface area contributed by atoms with Gasteiger partial charge in [0, 0.05) is 32.6 Å². The maximum Gasteiger partial charge on any atom is 0.0997 e. The van der Waals surface area contributed by atoms with E-state index in [1.807, 2.05) is 4.68 Å². The second kappa shape index (κ2) is 5.34. The maximum absolute atomic E-state index is 5.83. The van der Waals surface area contributed by atoms with Crippen LogP contribution in [0.1, 0.15) is 18.3 Å². The molecule has 1 aromatic rings. The summed E-state index contributed by atoms with van der Waals surface area (Å²) in [5.41, 5.74) is 2.38.